The van der Waals surface area contributed by atoms with Crippen LogP contribution in [0.25, 0.3) is 0 Å². The first kappa shape index (κ1) is 21.2. The molecule has 1 saturated heterocycles. The predicted molar refractivity (Wildman–Crippen MR) is 116 cm³/mol. The minimum Gasteiger partial charge on any atom is -0.325 e. The zero-order valence-electron chi connectivity index (χ0n) is 16.8. The fourth-order valence-electron chi connectivity index (χ4n) is 3.51. The van der Waals surface area contributed by atoms with E-state index in [1.807, 2.05) is 0 Å². The third-order valence-electron chi connectivity index (χ3n) is 5.17. The Morgan fingerprint density at radius 1 is 0.844 bits per heavy atom. The lowest BCUT2D eigenvalue weighted by atomic mass is 10.1. The SMILES string of the molecule is O=C(Nc1ccc(F)cc1)c1ccccc1NC(=O)C1CC(=O)N(c2ccc(F)cc2)C1. The van der Waals surface area contributed by atoms with E-state index < -0.39 is 29.4 Å². The fourth-order valence-corrected chi connectivity index (χ4v) is 3.51. The number of rotatable bonds is 5. The van der Waals surface area contributed by atoms with Crippen molar-refractivity contribution in [2.75, 3.05) is 22.1 Å². The summed E-state index contributed by atoms with van der Waals surface area (Å²) in [6, 6.07) is 17.3. The lowest BCUT2D eigenvalue weighted by Crippen LogP contribution is -2.28. The number of anilines is 3. The zero-order valence-corrected chi connectivity index (χ0v) is 16.8. The molecular weight excluding hydrogens is 416 g/mol. The molecule has 0 bridgehead atoms. The Bertz CT molecular complexity index is 1160. The van der Waals surface area contributed by atoms with Gasteiger partial charge in [0.05, 0.1) is 17.2 Å². The van der Waals surface area contributed by atoms with E-state index >= 15 is 0 Å². The first-order valence-electron chi connectivity index (χ1n) is 9.93. The minimum atomic E-state index is -0.624. The van der Waals surface area contributed by atoms with Crippen molar-refractivity contribution in [3.63, 3.8) is 0 Å². The van der Waals surface area contributed by atoms with Gasteiger partial charge in [-0.05, 0) is 60.7 Å². The van der Waals surface area contributed by atoms with Gasteiger partial charge in [-0.25, -0.2) is 8.78 Å². The standard InChI is InChI=1S/C24H19F2N3O3/c25-16-5-9-18(10-6-16)27-24(32)20-3-1-2-4-21(20)28-23(31)15-13-22(30)29(14-15)19-11-7-17(26)8-12-19/h1-12,15H,13-14H2,(H,27,32)(H,28,31). The second-order valence-electron chi connectivity index (χ2n) is 7.38. The molecule has 6 nitrogen and oxygen atoms in total. The third kappa shape index (κ3) is 4.64. The van der Waals surface area contributed by atoms with Crippen LogP contribution in [0.5, 0.6) is 0 Å². The summed E-state index contributed by atoms with van der Waals surface area (Å²) < 4.78 is 26.2. The molecular formula is C24H19F2N3O3. The topological polar surface area (TPSA) is 78.5 Å². The highest BCUT2D eigenvalue weighted by molar-refractivity contribution is 6.11. The van der Waals surface area contributed by atoms with Crippen LogP contribution < -0.4 is 15.5 Å². The van der Waals surface area contributed by atoms with E-state index in [-0.39, 0.29) is 24.4 Å². The number of hydrogen-bond acceptors (Lipinski definition) is 3. The summed E-state index contributed by atoms with van der Waals surface area (Å²) in [6.07, 6.45) is 0.00710. The monoisotopic (exact) mass is 435 g/mol. The normalized spacial score (nSPS) is 15.5. The van der Waals surface area contributed by atoms with E-state index in [0.29, 0.717) is 17.1 Å². The van der Waals surface area contributed by atoms with Crippen LogP contribution in [-0.2, 0) is 9.59 Å². The fraction of sp³-hybridized carbons (Fsp3) is 0.125. The number of nitrogens with one attached hydrogen (secondary N) is 2. The number of amides is 3. The molecule has 162 valence electrons. The summed E-state index contributed by atoms with van der Waals surface area (Å²) >= 11 is 0. The van der Waals surface area contributed by atoms with E-state index in [1.165, 1.54) is 53.4 Å². The molecule has 1 atom stereocenters. The molecule has 8 heteroatoms. The highest BCUT2D eigenvalue weighted by atomic mass is 19.1. The van der Waals surface area contributed by atoms with Crippen LogP contribution in [0.3, 0.4) is 0 Å². The van der Waals surface area contributed by atoms with Gasteiger partial charge >= 0.3 is 0 Å². The maximum absolute atomic E-state index is 13.2. The van der Waals surface area contributed by atoms with E-state index in [4.69, 9.17) is 0 Å². The van der Waals surface area contributed by atoms with Crippen molar-refractivity contribution in [3.05, 3.63) is 90.0 Å². The van der Waals surface area contributed by atoms with Crippen molar-refractivity contribution >= 4 is 34.8 Å². The van der Waals surface area contributed by atoms with Crippen molar-refractivity contribution in [3.8, 4) is 0 Å². The maximum Gasteiger partial charge on any atom is 0.257 e. The third-order valence-corrected chi connectivity index (χ3v) is 5.17. The molecule has 0 aromatic heterocycles. The van der Waals surface area contributed by atoms with Crippen LogP contribution in [-0.4, -0.2) is 24.3 Å². The first-order chi connectivity index (χ1) is 15.4. The summed E-state index contributed by atoms with van der Waals surface area (Å²) in [5.41, 5.74) is 1.45. The number of halogens is 2. The van der Waals surface area contributed by atoms with Crippen molar-refractivity contribution in [1.29, 1.82) is 0 Å². The molecule has 1 heterocycles. The van der Waals surface area contributed by atoms with Gasteiger partial charge in [0.15, 0.2) is 0 Å². The summed E-state index contributed by atoms with van der Waals surface area (Å²) in [4.78, 5) is 39.4. The van der Waals surface area contributed by atoms with Crippen LogP contribution in [0, 0.1) is 17.6 Å². The Morgan fingerprint density at radius 2 is 1.47 bits per heavy atom. The summed E-state index contributed by atoms with van der Waals surface area (Å²) in [5.74, 6) is -2.56. The number of para-hydroxylation sites is 1. The average molecular weight is 435 g/mol. The molecule has 1 unspecified atom stereocenters. The second-order valence-corrected chi connectivity index (χ2v) is 7.38. The van der Waals surface area contributed by atoms with Crippen LogP contribution in [0.4, 0.5) is 25.8 Å². The molecule has 0 spiro atoms. The average Bonchev–Trinajstić information content (AvgIpc) is 3.18. The highest BCUT2D eigenvalue weighted by Crippen LogP contribution is 2.27. The Kier molecular flexibility index (Phi) is 5.93. The maximum atomic E-state index is 13.2. The van der Waals surface area contributed by atoms with Gasteiger partial charge < -0.3 is 15.5 Å². The summed E-state index contributed by atoms with van der Waals surface area (Å²) in [6.45, 7) is 0.153. The molecule has 32 heavy (non-hydrogen) atoms. The smallest absolute Gasteiger partial charge is 0.257 e. The van der Waals surface area contributed by atoms with Gasteiger partial charge in [0.2, 0.25) is 11.8 Å². The number of benzene rings is 3. The van der Waals surface area contributed by atoms with Crippen LogP contribution in [0.1, 0.15) is 16.8 Å². The van der Waals surface area contributed by atoms with Crippen LogP contribution in [0.2, 0.25) is 0 Å². The Balaban J connectivity index is 1.46. The molecule has 0 aliphatic carbocycles. The molecule has 4 rings (SSSR count). The van der Waals surface area contributed by atoms with Gasteiger partial charge in [-0.3, -0.25) is 14.4 Å². The quantitative estimate of drug-likeness (QED) is 0.630. The van der Waals surface area contributed by atoms with Gasteiger partial charge in [-0.2, -0.15) is 0 Å². The minimum absolute atomic E-state index is 0.00710. The number of nitrogens with zero attached hydrogens (tertiary/aromatic N) is 1. The van der Waals surface area contributed by atoms with Crippen LogP contribution in [0.15, 0.2) is 72.8 Å². The molecule has 1 fully saturated rings. The van der Waals surface area contributed by atoms with E-state index in [1.54, 1.807) is 24.3 Å². The van der Waals surface area contributed by atoms with Crippen molar-refractivity contribution < 1.29 is 23.2 Å². The Hall–Kier alpha value is -4.07. The van der Waals surface area contributed by atoms with Gasteiger partial charge in [0.25, 0.3) is 5.91 Å². The molecule has 3 amide bonds. The molecule has 1 aliphatic heterocycles. The molecule has 0 saturated carbocycles. The summed E-state index contributed by atoms with van der Waals surface area (Å²) in [7, 11) is 0. The second kappa shape index (κ2) is 8.97. The predicted octanol–water partition coefficient (Wildman–Crippen LogP) is 4.21. The van der Waals surface area contributed by atoms with E-state index in [0.717, 1.165) is 0 Å². The highest BCUT2D eigenvalue weighted by Gasteiger charge is 2.35. The molecule has 1 aliphatic rings. The Labute approximate surface area is 182 Å². The van der Waals surface area contributed by atoms with E-state index in [9.17, 15) is 23.2 Å². The van der Waals surface area contributed by atoms with Gasteiger partial charge in [0.1, 0.15) is 11.6 Å². The molecule has 3 aromatic rings. The largest absolute Gasteiger partial charge is 0.325 e. The lowest BCUT2D eigenvalue weighted by molar-refractivity contribution is -0.122. The van der Waals surface area contributed by atoms with E-state index in [2.05, 4.69) is 10.6 Å². The first-order valence-corrected chi connectivity index (χ1v) is 9.93. The lowest BCUT2D eigenvalue weighted by Gasteiger charge is -2.17. The van der Waals surface area contributed by atoms with Crippen molar-refractivity contribution in [2.45, 2.75) is 6.42 Å². The van der Waals surface area contributed by atoms with Crippen LogP contribution >= 0.6 is 0 Å². The zero-order chi connectivity index (χ0) is 22.7. The summed E-state index contributed by atoms with van der Waals surface area (Å²) in [5, 5.41) is 5.39. The van der Waals surface area contributed by atoms with Gasteiger partial charge in [-0.15, -0.1) is 0 Å². The number of carbonyl (C=O) groups is 3. The molecule has 2 N–H and O–H groups in total. The molecule has 0 radical (unpaired) electrons. The number of hydrogen-bond donors (Lipinski definition) is 2. The van der Waals surface area contributed by atoms with Gasteiger partial charge in [-0.1, -0.05) is 12.1 Å². The van der Waals surface area contributed by atoms with Gasteiger partial charge in [0, 0.05) is 24.3 Å². The molecule has 3 aromatic carbocycles. The van der Waals surface area contributed by atoms with Crippen molar-refractivity contribution in [1.82, 2.24) is 0 Å². The number of carbonyl (C=O) groups excluding carboxylic acids is 3. The van der Waals surface area contributed by atoms with Crippen molar-refractivity contribution in [2.24, 2.45) is 5.92 Å². The Morgan fingerprint density at radius 3 is 2.16 bits per heavy atom.